The monoisotopic (exact) mass is 313 g/mol. The van der Waals surface area contributed by atoms with Gasteiger partial charge in [-0.2, -0.15) is 0 Å². The number of carbonyl (C=O) groups is 1. The molecular formula is C17H23N5O. The number of piperidine rings is 1. The van der Waals surface area contributed by atoms with Gasteiger partial charge in [-0.25, -0.2) is 4.68 Å². The van der Waals surface area contributed by atoms with Gasteiger partial charge in [0.15, 0.2) is 0 Å². The Labute approximate surface area is 136 Å². The van der Waals surface area contributed by atoms with Crippen LogP contribution in [0.5, 0.6) is 0 Å². The standard InChI is InChI=1S/C17H23N5O/c23-17(14-22-12-9-19-20-22)18-13-16(15-7-3-1-4-8-15)21-10-5-2-6-11-21/h1,3-4,7-9,12,16H,2,5-6,10-11,13-14H2,(H,18,23). The van der Waals surface area contributed by atoms with E-state index in [-0.39, 0.29) is 18.5 Å². The molecule has 2 heterocycles. The van der Waals surface area contributed by atoms with Gasteiger partial charge in [0.05, 0.1) is 12.2 Å². The van der Waals surface area contributed by atoms with Gasteiger partial charge in [0, 0.05) is 12.7 Å². The van der Waals surface area contributed by atoms with Crippen LogP contribution in [0.15, 0.2) is 42.7 Å². The summed E-state index contributed by atoms with van der Waals surface area (Å²) >= 11 is 0. The lowest BCUT2D eigenvalue weighted by Crippen LogP contribution is -2.41. The highest BCUT2D eigenvalue weighted by Gasteiger charge is 2.22. The van der Waals surface area contributed by atoms with E-state index >= 15 is 0 Å². The van der Waals surface area contributed by atoms with Crippen LogP contribution in [0.4, 0.5) is 0 Å². The number of likely N-dealkylation sites (tertiary alicyclic amines) is 1. The first kappa shape index (κ1) is 15.7. The Morgan fingerprint density at radius 2 is 1.96 bits per heavy atom. The van der Waals surface area contributed by atoms with E-state index in [0.717, 1.165) is 13.1 Å². The molecule has 0 bridgehead atoms. The first-order valence-corrected chi connectivity index (χ1v) is 8.23. The Morgan fingerprint density at radius 1 is 1.17 bits per heavy atom. The summed E-state index contributed by atoms with van der Waals surface area (Å²) in [6.07, 6.45) is 7.04. The Hall–Kier alpha value is -2.21. The highest BCUT2D eigenvalue weighted by molar-refractivity contribution is 5.75. The second kappa shape index (κ2) is 7.87. The third-order valence-corrected chi connectivity index (χ3v) is 4.29. The fraction of sp³-hybridized carbons (Fsp3) is 0.471. The van der Waals surface area contributed by atoms with Crippen molar-refractivity contribution in [2.75, 3.05) is 19.6 Å². The zero-order chi connectivity index (χ0) is 15.9. The Kier molecular flexibility index (Phi) is 5.37. The second-order valence-electron chi connectivity index (χ2n) is 5.93. The maximum atomic E-state index is 12.1. The molecular weight excluding hydrogens is 290 g/mol. The number of hydrogen-bond donors (Lipinski definition) is 1. The summed E-state index contributed by atoms with van der Waals surface area (Å²) in [6.45, 7) is 3.02. The van der Waals surface area contributed by atoms with Crippen molar-refractivity contribution >= 4 is 5.91 Å². The average molecular weight is 313 g/mol. The van der Waals surface area contributed by atoms with Crippen LogP contribution in [0.2, 0.25) is 0 Å². The second-order valence-corrected chi connectivity index (χ2v) is 5.93. The maximum Gasteiger partial charge on any atom is 0.241 e. The van der Waals surface area contributed by atoms with Gasteiger partial charge in [0.1, 0.15) is 6.54 Å². The van der Waals surface area contributed by atoms with Crippen molar-refractivity contribution in [3.05, 3.63) is 48.3 Å². The Balaban J connectivity index is 1.62. The van der Waals surface area contributed by atoms with Crippen molar-refractivity contribution in [1.29, 1.82) is 0 Å². The lowest BCUT2D eigenvalue weighted by molar-refractivity contribution is -0.122. The molecule has 1 fully saturated rings. The molecule has 0 saturated carbocycles. The molecule has 1 aliphatic rings. The van der Waals surface area contributed by atoms with E-state index in [2.05, 4.69) is 44.8 Å². The number of hydrogen-bond acceptors (Lipinski definition) is 4. The molecule has 1 unspecified atom stereocenters. The van der Waals surface area contributed by atoms with Gasteiger partial charge in [0.25, 0.3) is 0 Å². The number of aromatic nitrogens is 3. The zero-order valence-electron chi connectivity index (χ0n) is 13.3. The molecule has 1 N–H and O–H groups in total. The number of rotatable bonds is 6. The molecule has 1 aromatic heterocycles. The molecule has 1 saturated heterocycles. The predicted octanol–water partition coefficient (Wildman–Crippen LogP) is 1.62. The van der Waals surface area contributed by atoms with Crippen LogP contribution in [-0.2, 0) is 11.3 Å². The fourth-order valence-corrected chi connectivity index (χ4v) is 3.09. The van der Waals surface area contributed by atoms with Gasteiger partial charge in [0.2, 0.25) is 5.91 Å². The number of amides is 1. The van der Waals surface area contributed by atoms with Crippen LogP contribution >= 0.6 is 0 Å². The Bertz CT molecular complexity index is 593. The van der Waals surface area contributed by atoms with E-state index in [4.69, 9.17) is 0 Å². The third kappa shape index (κ3) is 4.39. The minimum absolute atomic E-state index is 0.0339. The molecule has 1 atom stereocenters. The summed E-state index contributed by atoms with van der Waals surface area (Å²) in [5, 5.41) is 10.6. The van der Waals surface area contributed by atoms with Crippen molar-refractivity contribution in [3.63, 3.8) is 0 Å². The maximum absolute atomic E-state index is 12.1. The number of nitrogens with zero attached hydrogens (tertiary/aromatic N) is 4. The SMILES string of the molecule is O=C(Cn1ccnn1)NCC(c1ccccc1)N1CCCCC1. The predicted molar refractivity (Wildman–Crippen MR) is 87.6 cm³/mol. The van der Waals surface area contributed by atoms with Gasteiger partial charge in [-0.15, -0.1) is 5.10 Å². The molecule has 0 spiro atoms. The molecule has 6 heteroatoms. The van der Waals surface area contributed by atoms with Crippen LogP contribution in [0.3, 0.4) is 0 Å². The van der Waals surface area contributed by atoms with Crippen LogP contribution in [0.25, 0.3) is 0 Å². The van der Waals surface area contributed by atoms with Crippen LogP contribution < -0.4 is 5.32 Å². The summed E-state index contributed by atoms with van der Waals surface area (Å²) in [7, 11) is 0. The quantitative estimate of drug-likeness (QED) is 0.880. The summed E-state index contributed by atoms with van der Waals surface area (Å²) in [4.78, 5) is 14.6. The first-order chi connectivity index (χ1) is 11.3. The fourth-order valence-electron chi connectivity index (χ4n) is 3.09. The number of benzene rings is 1. The smallest absolute Gasteiger partial charge is 0.241 e. The third-order valence-electron chi connectivity index (χ3n) is 4.29. The summed E-state index contributed by atoms with van der Waals surface area (Å²) in [5.41, 5.74) is 1.26. The van der Waals surface area contributed by atoms with Gasteiger partial charge in [-0.1, -0.05) is 42.0 Å². The Morgan fingerprint density at radius 3 is 2.65 bits per heavy atom. The summed E-state index contributed by atoms with van der Waals surface area (Å²) in [5.74, 6) is -0.0339. The van der Waals surface area contributed by atoms with E-state index in [1.807, 2.05) is 6.07 Å². The number of nitrogens with one attached hydrogen (secondary N) is 1. The molecule has 23 heavy (non-hydrogen) atoms. The molecule has 0 aliphatic carbocycles. The largest absolute Gasteiger partial charge is 0.353 e. The average Bonchev–Trinajstić information content (AvgIpc) is 3.10. The first-order valence-electron chi connectivity index (χ1n) is 8.23. The van der Waals surface area contributed by atoms with Gasteiger partial charge >= 0.3 is 0 Å². The van der Waals surface area contributed by atoms with Crippen molar-refractivity contribution in [2.24, 2.45) is 0 Å². The van der Waals surface area contributed by atoms with Crippen LogP contribution in [-0.4, -0.2) is 45.4 Å². The van der Waals surface area contributed by atoms with Gasteiger partial charge < -0.3 is 5.32 Å². The van der Waals surface area contributed by atoms with Gasteiger partial charge in [-0.05, 0) is 31.5 Å². The minimum atomic E-state index is -0.0339. The molecule has 1 amide bonds. The molecule has 0 radical (unpaired) electrons. The van der Waals surface area contributed by atoms with Gasteiger partial charge in [-0.3, -0.25) is 9.69 Å². The molecule has 3 rings (SSSR count). The van der Waals surface area contributed by atoms with Crippen molar-refractivity contribution in [2.45, 2.75) is 31.8 Å². The summed E-state index contributed by atoms with van der Waals surface area (Å²) in [6, 6.07) is 10.7. The van der Waals surface area contributed by atoms with E-state index < -0.39 is 0 Å². The normalized spacial score (nSPS) is 16.9. The highest BCUT2D eigenvalue weighted by atomic mass is 16.2. The van der Waals surface area contributed by atoms with Crippen molar-refractivity contribution in [3.8, 4) is 0 Å². The van der Waals surface area contributed by atoms with E-state index in [9.17, 15) is 4.79 Å². The molecule has 122 valence electrons. The van der Waals surface area contributed by atoms with E-state index in [1.165, 1.54) is 29.5 Å². The molecule has 6 nitrogen and oxygen atoms in total. The minimum Gasteiger partial charge on any atom is -0.353 e. The van der Waals surface area contributed by atoms with Crippen molar-refractivity contribution in [1.82, 2.24) is 25.2 Å². The molecule has 1 aromatic carbocycles. The lowest BCUT2D eigenvalue weighted by Gasteiger charge is -2.35. The zero-order valence-corrected chi connectivity index (χ0v) is 13.3. The molecule has 1 aliphatic heterocycles. The lowest BCUT2D eigenvalue weighted by atomic mass is 10.0. The van der Waals surface area contributed by atoms with Crippen LogP contribution in [0.1, 0.15) is 30.9 Å². The highest BCUT2D eigenvalue weighted by Crippen LogP contribution is 2.23. The summed E-state index contributed by atoms with van der Waals surface area (Å²) < 4.78 is 1.54. The van der Waals surface area contributed by atoms with Crippen molar-refractivity contribution < 1.29 is 4.79 Å². The topological polar surface area (TPSA) is 63.1 Å². The molecule has 2 aromatic rings. The number of carbonyl (C=O) groups excluding carboxylic acids is 1. The van der Waals surface area contributed by atoms with Crippen LogP contribution in [0, 0.1) is 0 Å². The van der Waals surface area contributed by atoms with E-state index in [1.54, 1.807) is 12.4 Å². The van der Waals surface area contributed by atoms with E-state index in [0.29, 0.717) is 6.54 Å².